The Morgan fingerprint density at radius 3 is 2.80 bits per heavy atom. The minimum atomic E-state index is 0.203. The van der Waals surface area contributed by atoms with E-state index in [1.807, 2.05) is 30.3 Å². The van der Waals surface area contributed by atoms with E-state index in [0.717, 1.165) is 16.3 Å². The van der Waals surface area contributed by atoms with Crippen molar-refractivity contribution in [2.45, 2.75) is 6.54 Å². The number of methoxy groups -OCH3 is 1. The first kappa shape index (κ1) is 12.9. The average molecular weight is 290 g/mol. The molecule has 0 bridgehead atoms. The third-order valence-electron chi connectivity index (χ3n) is 3.00. The van der Waals surface area contributed by atoms with Gasteiger partial charge in [-0.3, -0.25) is 0 Å². The summed E-state index contributed by atoms with van der Waals surface area (Å²) in [4.78, 5) is 4.22. The maximum Gasteiger partial charge on any atom is 0.240 e. The third-order valence-corrected chi connectivity index (χ3v) is 3.24. The molecule has 0 spiro atoms. The molecular weight excluding hydrogens is 278 g/mol. The second-order valence-corrected chi connectivity index (χ2v) is 4.70. The van der Waals surface area contributed by atoms with Crippen LogP contribution in [0.5, 0.6) is 5.75 Å². The van der Waals surface area contributed by atoms with Crippen LogP contribution in [0.3, 0.4) is 0 Å². The Bertz CT molecular complexity index is 770. The summed E-state index contributed by atoms with van der Waals surface area (Å²) in [5.41, 5.74) is 6.22. The second kappa shape index (κ2) is 5.11. The summed E-state index contributed by atoms with van der Waals surface area (Å²) in [6, 6.07) is 9.49. The molecule has 2 N–H and O–H groups in total. The van der Waals surface area contributed by atoms with Gasteiger partial charge in [-0.2, -0.15) is 4.98 Å². The van der Waals surface area contributed by atoms with Gasteiger partial charge < -0.3 is 15.0 Å². The quantitative estimate of drug-likeness (QED) is 0.802. The number of nitrogens with two attached hydrogens (primary N) is 1. The van der Waals surface area contributed by atoms with Gasteiger partial charge in [0.2, 0.25) is 11.7 Å². The van der Waals surface area contributed by atoms with Crippen molar-refractivity contribution in [3.05, 3.63) is 41.2 Å². The van der Waals surface area contributed by atoms with Gasteiger partial charge in [0.05, 0.1) is 19.2 Å². The van der Waals surface area contributed by atoms with Gasteiger partial charge in [0.1, 0.15) is 5.75 Å². The number of rotatable bonds is 3. The van der Waals surface area contributed by atoms with E-state index in [2.05, 4.69) is 10.1 Å². The van der Waals surface area contributed by atoms with Crippen molar-refractivity contribution in [1.82, 2.24) is 10.1 Å². The highest BCUT2D eigenvalue weighted by molar-refractivity contribution is 6.31. The molecule has 3 aromatic rings. The number of nitrogens with zero attached hydrogens (tertiary/aromatic N) is 2. The standard InChI is InChI=1S/C14H12ClN3O2/c1-19-12-6-8-2-3-10(15)4-9(8)5-11(12)14-17-13(7-16)20-18-14/h2-6H,7,16H2,1H3. The SMILES string of the molecule is COc1cc2ccc(Cl)cc2cc1-c1noc(CN)n1. The van der Waals surface area contributed by atoms with E-state index < -0.39 is 0 Å². The Kier molecular flexibility index (Phi) is 3.30. The lowest BCUT2D eigenvalue weighted by Crippen LogP contribution is -1.96. The van der Waals surface area contributed by atoms with Crippen LogP contribution in [0, 0.1) is 0 Å². The molecule has 0 radical (unpaired) electrons. The molecule has 0 amide bonds. The molecule has 5 nitrogen and oxygen atoms in total. The summed E-state index contributed by atoms with van der Waals surface area (Å²) in [7, 11) is 1.60. The van der Waals surface area contributed by atoms with Crippen molar-refractivity contribution in [3.63, 3.8) is 0 Å². The maximum absolute atomic E-state index is 6.02. The van der Waals surface area contributed by atoms with Gasteiger partial charge in [0.15, 0.2) is 0 Å². The third kappa shape index (κ3) is 2.21. The van der Waals surface area contributed by atoms with Crippen LogP contribution in [0.1, 0.15) is 5.89 Å². The predicted molar refractivity (Wildman–Crippen MR) is 76.7 cm³/mol. The smallest absolute Gasteiger partial charge is 0.240 e. The first-order valence-electron chi connectivity index (χ1n) is 6.01. The molecule has 0 atom stereocenters. The zero-order chi connectivity index (χ0) is 14.1. The van der Waals surface area contributed by atoms with Crippen molar-refractivity contribution in [2.24, 2.45) is 5.73 Å². The highest BCUT2D eigenvalue weighted by Gasteiger charge is 2.14. The second-order valence-electron chi connectivity index (χ2n) is 4.26. The molecule has 6 heteroatoms. The van der Waals surface area contributed by atoms with Crippen LogP contribution in [0.15, 0.2) is 34.9 Å². The van der Waals surface area contributed by atoms with E-state index >= 15 is 0 Å². The van der Waals surface area contributed by atoms with Crippen molar-refractivity contribution >= 4 is 22.4 Å². The first-order chi connectivity index (χ1) is 9.71. The Balaban J connectivity index is 2.21. The lowest BCUT2D eigenvalue weighted by Gasteiger charge is -2.08. The van der Waals surface area contributed by atoms with Crippen molar-refractivity contribution < 1.29 is 9.26 Å². The molecule has 2 aromatic carbocycles. The lowest BCUT2D eigenvalue weighted by molar-refractivity contribution is 0.380. The molecule has 3 rings (SSSR count). The topological polar surface area (TPSA) is 74.2 Å². The molecule has 0 unspecified atom stereocenters. The number of hydrogen-bond donors (Lipinski definition) is 1. The number of fused-ring (bicyclic) bond motifs is 1. The Hall–Kier alpha value is -2.11. The van der Waals surface area contributed by atoms with Gasteiger partial charge in [-0.1, -0.05) is 22.8 Å². The van der Waals surface area contributed by atoms with Crippen LogP contribution in [0.2, 0.25) is 5.02 Å². The molecular formula is C14H12ClN3O2. The number of hydrogen-bond acceptors (Lipinski definition) is 5. The van der Waals surface area contributed by atoms with Gasteiger partial charge in [-0.25, -0.2) is 0 Å². The summed E-state index contributed by atoms with van der Waals surface area (Å²) in [6.07, 6.45) is 0. The fourth-order valence-electron chi connectivity index (χ4n) is 2.04. The fraction of sp³-hybridized carbons (Fsp3) is 0.143. The highest BCUT2D eigenvalue weighted by Crippen LogP contribution is 2.33. The highest BCUT2D eigenvalue weighted by atomic mass is 35.5. The van der Waals surface area contributed by atoms with Crippen molar-refractivity contribution in [1.29, 1.82) is 0 Å². The summed E-state index contributed by atoms with van der Waals surface area (Å²) in [5, 5.41) is 6.59. The Morgan fingerprint density at radius 1 is 1.25 bits per heavy atom. The molecule has 1 heterocycles. The largest absolute Gasteiger partial charge is 0.496 e. The molecule has 0 fully saturated rings. The zero-order valence-electron chi connectivity index (χ0n) is 10.8. The zero-order valence-corrected chi connectivity index (χ0v) is 11.5. The summed E-state index contributed by atoms with van der Waals surface area (Å²) in [6.45, 7) is 0.203. The van der Waals surface area contributed by atoms with Crippen molar-refractivity contribution in [2.75, 3.05) is 7.11 Å². The molecule has 0 aliphatic heterocycles. The lowest BCUT2D eigenvalue weighted by atomic mass is 10.1. The molecule has 102 valence electrons. The van der Waals surface area contributed by atoms with E-state index in [0.29, 0.717) is 22.5 Å². The number of aromatic nitrogens is 2. The van der Waals surface area contributed by atoms with E-state index in [-0.39, 0.29) is 6.54 Å². The summed E-state index contributed by atoms with van der Waals surface area (Å²) >= 11 is 6.02. The molecule has 0 aliphatic rings. The number of ether oxygens (including phenoxy) is 1. The number of benzene rings is 2. The fourth-order valence-corrected chi connectivity index (χ4v) is 2.22. The van der Waals surface area contributed by atoms with Gasteiger partial charge in [0.25, 0.3) is 0 Å². The first-order valence-corrected chi connectivity index (χ1v) is 6.39. The molecule has 0 aliphatic carbocycles. The molecule has 1 aromatic heterocycles. The molecule has 0 saturated heterocycles. The Labute approximate surface area is 120 Å². The van der Waals surface area contributed by atoms with Crippen molar-refractivity contribution in [3.8, 4) is 17.1 Å². The van der Waals surface area contributed by atoms with Gasteiger partial charge in [-0.05, 0) is 35.0 Å². The number of halogens is 1. The monoisotopic (exact) mass is 289 g/mol. The van der Waals surface area contributed by atoms with Crippen LogP contribution in [0.4, 0.5) is 0 Å². The van der Waals surface area contributed by atoms with Crippen LogP contribution >= 0.6 is 11.6 Å². The Morgan fingerprint density at radius 2 is 2.10 bits per heavy atom. The summed E-state index contributed by atoms with van der Waals surface area (Å²) in [5.74, 6) is 1.50. The normalized spacial score (nSPS) is 10.9. The molecule has 0 saturated carbocycles. The van der Waals surface area contributed by atoms with Gasteiger partial charge in [0, 0.05) is 5.02 Å². The van der Waals surface area contributed by atoms with Crippen LogP contribution in [-0.4, -0.2) is 17.3 Å². The van der Waals surface area contributed by atoms with E-state index in [9.17, 15) is 0 Å². The van der Waals surface area contributed by atoms with Gasteiger partial charge >= 0.3 is 0 Å². The summed E-state index contributed by atoms with van der Waals surface area (Å²) < 4.78 is 10.4. The van der Waals surface area contributed by atoms with Crippen LogP contribution < -0.4 is 10.5 Å². The minimum absolute atomic E-state index is 0.203. The average Bonchev–Trinajstić information content (AvgIpc) is 2.94. The van der Waals surface area contributed by atoms with E-state index in [1.54, 1.807) is 7.11 Å². The molecule has 20 heavy (non-hydrogen) atoms. The van der Waals surface area contributed by atoms with Crippen LogP contribution in [0.25, 0.3) is 22.2 Å². The maximum atomic E-state index is 6.02. The van der Waals surface area contributed by atoms with E-state index in [1.165, 1.54) is 0 Å². The minimum Gasteiger partial charge on any atom is -0.496 e. The van der Waals surface area contributed by atoms with Gasteiger partial charge in [-0.15, -0.1) is 0 Å². The van der Waals surface area contributed by atoms with E-state index in [4.69, 9.17) is 26.6 Å². The predicted octanol–water partition coefficient (Wildman–Crippen LogP) is 3.01. The van der Waals surface area contributed by atoms with Crippen LogP contribution in [-0.2, 0) is 6.54 Å².